The molecule has 0 heterocycles. The number of carbonyl (C=O) groups excluding carboxylic acids is 1. The van der Waals surface area contributed by atoms with Crippen molar-refractivity contribution in [3.05, 3.63) is 24.3 Å². The van der Waals surface area contributed by atoms with Crippen molar-refractivity contribution in [2.24, 2.45) is 0 Å². The number of anilines is 1. The van der Waals surface area contributed by atoms with E-state index in [2.05, 4.69) is 5.32 Å². The van der Waals surface area contributed by atoms with Crippen LogP contribution in [0.2, 0.25) is 0 Å². The number of nitrogens with one attached hydrogen (secondary N) is 1. The molecule has 0 bridgehead atoms. The van der Waals surface area contributed by atoms with Crippen molar-refractivity contribution in [3.63, 3.8) is 0 Å². The maximum absolute atomic E-state index is 12.7. The summed E-state index contributed by atoms with van der Waals surface area (Å²) in [7, 11) is 0. The molecule has 0 atom stereocenters. The topological polar surface area (TPSA) is 64.3 Å². The average Bonchev–Trinajstić information content (AvgIpc) is 2.67. The molecule has 0 aromatic heterocycles. The summed E-state index contributed by atoms with van der Waals surface area (Å²) in [6.07, 6.45) is -0.344. The number of carbonyl (C=O) groups is 1. The predicted molar refractivity (Wildman–Crippen MR) is 107 cm³/mol. The lowest BCUT2D eigenvalue weighted by molar-refractivity contribution is -0.284. The van der Waals surface area contributed by atoms with Gasteiger partial charge in [0, 0.05) is 25.1 Å². The molecule has 1 amide bonds. The highest BCUT2D eigenvalue weighted by molar-refractivity contribution is 5.75. The van der Waals surface area contributed by atoms with Crippen LogP contribution in [0.15, 0.2) is 24.3 Å². The molecule has 0 aliphatic heterocycles. The van der Waals surface area contributed by atoms with Gasteiger partial charge in [-0.15, -0.1) is 0 Å². The van der Waals surface area contributed by atoms with Crippen LogP contribution in [0.25, 0.3) is 0 Å². The van der Waals surface area contributed by atoms with E-state index in [0.29, 0.717) is 18.7 Å². The molecule has 9 heteroatoms. The van der Waals surface area contributed by atoms with E-state index < -0.39 is 24.9 Å². The van der Waals surface area contributed by atoms with Crippen LogP contribution in [0.5, 0.6) is 5.75 Å². The van der Waals surface area contributed by atoms with E-state index in [0.717, 1.165) is 44.3 Å². The molecule has 4 nitrogen and oxygen atoms in total. The smallest absolute Gasteiger partial charge is 0.453 e. The van der Waals surface area contributed by atoms with Crippen molar-refractivity contribution in [2.75, 3.05) is 18.9 Å². The quantitative estimate of drug-likeness (QED) is 0.205. The number of alkyl halides is 5. The van der Waals surface area contributed by atoms with Crippen LogP contribution in [0.3, 0.4) is 0 Å². The molecular formula is C21H31F5N2O2. The molecule has 0 spiro atoms. The standard InChI is InChI=1S/C21H31F5N2O2/c22-20(23,21(24,25)26)14-8-15-28-19(29)9-6-4-2-1-3-5-7-16-30-18-12-10-17(27)11-13-18/h10-13H,1-9,14-16,27H2,(H,28,29). The normalized spacial score (nSPS) is 12.0. The van der Waals surface area contributed by atoms with Crippen LogP contribution in [0.4, 0.5) is 27.6 Å². The Bertz CT molecular complexity index is 606. The molecular weight excluding hydrogens is 407 g/mol. The van der Waals surface area contributed by atoms with Crippen molar-refractivity contribution in [1.29, 1.82) is 0 Å². The van der Waals surface area contributed by atoms with Gasteiger partial charge >= 0.3 is 12.1 Å². The van der Waals surface area contributed by atoms with Crippen LogP contribution in [0.1, 0.15) is 64.2 Å². The van der Waals surface area contributed by atoms with Gasteiger partial charge in [-0.05, 0) is 43.5 Å². The molecule has 0 fully saturated rings. The first kappa shape index (κ1) is 26.0. The third kappa shape index (κ3) is 11.2. The van der Waals surface area contributed by atoms with E-state index in [9.17, 15) is 26.7 Å². The molecule has 30 heavy (non-hydrogen) atoms. The summed E-state index contributed by atoms with van der Waals surface area (Å²) in [5, 5.41) is 2.39. The van der Waals surface area contributed by atoms with Gasteiger partial charge in [0.2, 0.25) is 5.91 Å². The molecule has 0 radical (unpaired) electrons. The first-order valence-electron chi connectivity index (χ1n) is 10.3. The molecule has 0 aliphatic rings. The third-order valence-electron chi connectivity index (χ3n) is 4.60. The minimum atomic E-state index is -5.54. The van der Waals surface area contributed by atoms with Gasteiger partial charge in [0.1, 0.15) is 5.75 Å². The van der Waals surface area contributed by atoms with Crippen LogP contribution in [-0.4, -0.2) is 31.2 Å². The number of benzene rings is 1. The summed E-state index contributed by atoms with van der Waals surface area (Å²) in [5.41, 5.74) is 6.30. The Morgan fingerprint density at radius 1 is 0.867 bits per heavy atom. The van der Waals surface area contributed by atoms with Crippen molar-refractivity contribution in [2.45, 2.75) is 76.3 Å². The van der Waals surface area contributed by atoms with Crippen molar-refractivity contribution in [3.8, 4) is 5.75 Å². The molecule has 0 saturated carbocycles. The van der Waals surface area contributed by atoms with Crippen LogP contribution >= 0.6 is 0 Å². The Morgan fingerprint density at radius 2 is 1.43 bits per heavy atom. The molecule has 1 aromatic rings. The summed E-state index contributed by atoms with van der Waals surface area (Å²) in [5.74, 6) is -4.22. The van der Waals surface area contributed by atoms with Gasteiger partial charge in [0.25, 0.3) is 0 Å². The average molecular weight is 438 g/mol. The molecule has 3 N–H and O–H groups in total. The first-order chi connectivity index (χ1) is 14.1. The number of halogens is 5. The largest absolute Gasteiger partial charge is 0.494 e. The molecule has 172 valence electrons. The second-order valence-corrected chi connectivity index (χ2v) is 7.30. The van der Waals surface area contributed by atoms with E-state index in [1.165, 1.54) is 0 Å². The van der Waals surface area contributed by atoms with Gasteiger partial charge in [-0.2, -0.15) is 22.0 Å². The number of amides is 1. The van der Waals surface area contributed by atoms with Crippen LogP contribution < -0.4 is 15.8 Å². The third-order valence-corrected chi connectivity index (χ3v) is 4.60. The Labute approximate surface area is 174 Å². The van der Waals surface area contributed by atoms with E-state index in [1.54, 1.807) is 12.1 Å². The lowest BCUT2D eigenvalue weighted by Crippen LogP contribution is -2.37. The van der Waals surface area contributed by atoms with Crippen molar-refractivity contribution >= 4 is 11.6 Å². The lowest BCUT2D eigenvalue weighted by Gasteiger charge is -2.19. The summed E-state index contributed by atoms with van der Waals surface area (Å²) < 4.78 is 67.1. The van der Waals surface area contributed by atoms with E-state index in [-0.39, 0.29) is 18.9 Å². The predicted octanol–water partition coefficient (Wildman–Crippen LogP) is 5.86. The number of ether oxygens (including phenoxy) is 1. The van der Waals surface area contributed by atoms with Crippen LogP contribution in [-0.2, 0) is 4.79 Å². The highest BCUT2D eigenvalue weighted by Crippen LogP contribution is 2.38. The fourth-order valence-corrected chi connectivity index (χ4v) is 2.79. The van der Waals surface area contributed by atoms with Gasteiger partial charge < -0.3 is 15.8 Å². The maximum atomic E-state index is 12.7. The zero-order valence-corrected chi connectivity index (χ0v) is 17.1. The number of hydrogen-bond acceptors (Lipinski definition) is 3. The molecule has 0 aliphatic carbocycles. The van der Waals surface area contributed by atoms with Crippen molar-refractivity contribution < 1.29 is 31.5 Å². The molecule has 1 aromatic carbocycles. The van der Waals surface area contributed by atoms with Gasteiger partial charge in [-0.25, -0.2) is 0 Å². The van der Waals surface area contributed by atoms with Gasteiger partial charge in [-0.1, -0.05) is 32.1 Å². The zero-order chi connectivity index (χ0) is 22.5. The van der Waals surface area contributed by atoms with Gasteiger partial charge in [0.15, 0.2) is 0 Å². The summed E-state index contributed by atoms with van der Waals surface area (Å²) in [6, 6.07) is 7.26. The highest BCUT2D eigenvalue weighted by Gasteiger charge is 2.56. The lowest BCUT2D eigenvalue weighted by atomic mass is 10.1. The van der Waals surface area contributed by atoms with Gasteiger partial charge in [-0.3, -0.25) is 4.79 Å². The Kier molecular flexibility index (Phi) is 11.5. The Balaban J connectivity index is 1.90. The summed E-state index contributed by atoms with van der Waals surface area (Å²) in [4.78, 5) is 11.6. The second-order valence-electron chi connectivity index (χ2n) is 7.30. The molecule has 0 unspecified atom stereocenters. The molecule has 0 saturated heterocycles. The Morgan fingerprint density at radius 3 is 2.03 bits per heavy atom. The minimum Gasteiger partial charge on any atom is -0.494 e. The van der Waals surface area contributed by atoms with Crippen LogP contribution in [0, 0.1) is 0 Å². The summed E-state index contributed by atoms with van der Waals surface area (Å²) in [6.45, 7) is 0.474. The zero-order valence-electron chi connectivity index (χ0n) is 17.1. The Hall–Kier alpha value is -2.06. The van der Waals surface area contributed by atoms with E-state index in [1.807, 2.05) is 12.1 Å². The number of unbranched alkanes of at least 4 members (excludes halogenated alkanes) is 6. The minimum absolute atomic E-state index is 0.178. The highest BCUT2D eigenvalue weighted by atomic mass is 19.4. The molecule has 1 rings (SSSR count). The number of hydrogen-bond donors (Lipinski definition) is 2. The van der Waals surface area contributed by atoms with Crippen molar-refractivity contribution in [1.82, 2.24) is 5.32 Å². The fraction of sp³-hybridized carbons (Fsp3) is 0.667. The van der Waals surface area contributed by atoms with Gasteiger partial charge in [0.05, 0.1) is 6.61 Å². The van der Waals surface area contributed by atoms with E-state index in [4.69, 9.17) is 10.5 Å². The first-order valence-corrected chi connectivity index (χ1v) is 10.3. The number of rotatable bonds is 15. The second kappa shape index (κ2) is 13.3. The monoisotopic (exact) mass is 438 g/mol. The number of nitrogens with two attached hydrogens (primary N) is 1. The SMILES string of the molecule is Nc1ccc(OCCCCCCCCCC(=O)NCCCC(F)(F)C(F)(F)F)cc1. The summed E-state index contributed by atoms with van der Waals surface area (Å²) >= 11 is 0. The fourth-order valence-electron chi connectivity index (χ4n) is 2.79. The number of nitrogen functional groups attached to an aromatic ring is 1. The van der Waals surface area contributed by atoms with E-state index >= 15 is 0 Å². The maximum Gasteiger partial charge on any atom is 0.453 e.